The number of alkyl halides is 3. The number of ether oxygens (including phenoxy) is 6. The van der Waals surface area contributed by atoms with Crippen LogP contribution in [0.5, 0.6) is 0 Å². The Labute approximate surface area is 244 Å². The molecule has 0 bridgehead atoms. The summed E-state index contributed by atoms with van der Waals surface area (Å²) in [5, 5.41) is 0.562. The van der Waals surface area contributed by atoms with Crippen LogP contribution in [-0.4, -0.2) is 89.7 Å². The average molecular weight is 609 g/mol. The van der Waals surface area contributed by atoms with Gasteiger partial charge in [-0.3, -0.25) is 9.69 Å². The maximum Gasteiger partial charge on any atom is 0.417 e. The topological polar surface area (TPSA) is 126 Å². The fourth-order valence-electron chi connectivity index (χ4n) is 4.31. The number of benzene rings is 2. The Morgan fingerprint density at radius 2 is 1.67 bits per heavy atom. The van der Waals surface area contributed by atoms with E-state index in [0.29, 0.717) is 37.5 Å². The van der Waals surface area contributed by atoms with Crippen LogP contribution < -0.4 is 10.5 Å². The smallest absolute Gasteiger partial charge is 0.417 e. The zero-order valence-corrected chi connectivity index (χ0v) is 23.3. The van der Waals surface area contributed by atoms with Crippen molar-refractivity contribution in [3.8, 4) is 11.3 Å². The predicted octanol–water partition coefficient (Wildman–Crippen LogP) is 3.78. The highest BCUT2D eigenvalue weighted by Crippen LogP contribution is 2.36. The first-order valence-electron chi connectivity index (χ1n) is 13.4. The molecule has 11 nitrogen and oxygen atoms in total. The molecule has 1 aliphatic heterocycles. The zero-order valence-electron chi connectivity index (χ0n) is 23.3. The van der Waals surface area contributed by atoms with Crippen molar-refractivity contribution in [1.82, 2.24) is 4.98 Å². The highest BCUT2D eigenvalue weighted by Gasteiger charge is 2.35. The zero-order chi connectivity index (χ0) is 30.8. The number of esters is 1. The van der Waals surface area contributed by atoms with Gasteiger partial charge in [-0.25, -0.2) is 9.59 Å². The molecule has 0 radical (unpaired) electrons. The summed E-state index contributed by atoms with van der Waals surface area (Å²) in [5.74, 6) is -0.641. The van der Waals surface area contributed by atoms with E-state index in [9.17, 15) is 27.6 Å². The summed E-state index contributed by atoms with van der Waals surface area (Å²) in [6, 6.07) is 10.9. The summed E-state index contributed by atoms with van der Waals surface area (Å²) in [6.07, 6.45) is -6.06. The molecule has 2 aromatic carbocycles. The second-order valence-corrected chi connectivity index (χ2v) is 9.40. The van der Waals surface area contributed by atoms with Gasteiger partial charge in [0.1, 0.15) is 13.2 Å². The van der Waals surface area contributed by atoms with E-state index in [4.69, 9.17) is 28.4 Å². The molecule has 232 valence electrons. The molecule has 0 saturated carbocycles. The van der Waals surface area contributed by atoms with E-state index in [1.165, 1.54) is 41.3 Å². The number of hydrogen-bond acceptors (Lipinski definition) is 9. The van der Waals surface area contributed by atoms with Crippen LogP contribution in [0.2, 0.25) is 0 Å². The van der Waals surface area contributed by atoms with Crippen molar-refractivity contribution in [3.05, 3.63) is 64.4 Å². The van der Waals surface area contributed by atoms with Gasteiger partial charge in [0.15, 0.2) is 6.10 Å². The molecular formula is C29H31F3N2O9. The van der Waals surface area contributed by atoms with Crippen LogP contribution in [0.25, 0.3) is 22.0 Å². The number of aromatic nitrogens is 1. The van der Waals surface area contributed by atoms with E-state index in [2.05, 4.69) is 4.98 Å². The fraction of sp³-hybridized carbons (Fsp3) is 0.414. The Morgan fingerprint density at radius 1 is 0.977 bits per heavy atom. The van der Waals surface area contributed by atoms with Crippen LogP contribution in [0.3, 0.4) is 0 Å². The second-order valence-electron chi connectivity index (χ2n) is 9.40. The Balaban J connectivity index is 1.28. The molecule has 1 amide bonds. The number of nitrogens with zero attached hydrogens (tertiary/aromatic N) is 1. The SMILES string of the molecule is COCCOCCOCCOCC(=O)OC[C@@H]1CN(c2ccc3cc(-c4ccccc4C(F)(F)F)[nH]c(=O)c3c2)C(=O)O1. The lowest BCUT2D eigenvalue weighted by Crippen LogP contribution is -2.27. The maximum absolute atomic E-state index is 13.5. The number of H-pyrrole nitrogens is 1. The number of carbonyl (C=O) groups excluding carboxylic acids is 2. The van der Waals surface area contributed by atoms with Gasteiger partial charge in [-0.15, -0.1) is 0 Å². The van der Waals surface area contributed by atoms with Crippen molar-refractivity contribution in [3.63, 3.8) is 0 Å². The highest BCUT2D eigenvalue weighted by molar-refractivity contribution is 5.94. The Kier molecular flexibility index (Phi) is 11.1. The van der Waals surface area contributed by atoms with Crippen molar-refractivity contribution < 1.29 is 51.2 Å². The Morgan fingerprint density at radius 3 is 2.40 bits per heavy atom. The van der Waals surface area contributed by atoms with Gasteiger partial charge in [0, 0.05) is 29.4 Å². The summed E-state index contributed by atoms with van der Waals surface area (Å²) in [4.78, 5) is 41.2. The van der Waals surface area contributed by atoms with Gasteiger partial charge in [0.25, 0.3) is 5.56 Å². The van der Waals surface area contributed by atoms with Gasteiger partial charge in [-0.05, 0) is 29.7 Å². The van der Waals surface area contributed by atoms with E-state index < -0.39 is 35.5 Å². The van der Waals surface area contributed by atoms with E-state index in [0.717, 1.165) is 6.07 Å². The molecule has 0 aliphatic carbocycles. The molecular weight excluding hydrogens is 577 g/mol. The summed E-state index contributed by atoms with van der Waals surface area (Å²) in [7, 11) is 1.58. The Bertz CT molecular complexity index is 1460. The molecule has 4 rings (SSSR count). The standard InChI is InChI=1S/C29H31F3N2O9/c1-38-8-9-39-10-11-40-12-13-41-18-26(35)42-17-21-16-34(28(37)43-21)20-7-6-19-14-25(33-27(36)23(19)15-20)22-4-2-3-5-24(22)29(30,31)32/h2-7,14-15,21H,8-13,16-18H2,1H3,(H,33,36)/t21-/m0/s1. The lowest BCUT2D eigenvalue weighted by molar-refractivity contribution is -0.151. The number of cyclic esters (lactones) is 1. The van der Waals surface area contributed by atoms with Gasteiger partial charge in [-0.1, -0.05) is 24.3 Å². The third kappa shape index (κ3) is 8.76. The quantitative estimate of drug-likeness (QED) is 0.203. The number of methoxy groups -OCH3 is 1. The molecule has 1 fully saturated rings. The maximum atomic E-state index is 13.5. The van der Waals surface area contributed by atoms with Crippen molar-refractivity contribution in [2.24, 2.45) is 0 Å². The van der Waals surface area contributed by atoms with Gasteiger partial charge in [-0.2, -0.15) is 13.2 Å². The van der Waals surface area contributed by atoms with Gasteiger partial charge < -0.3 is 33.4 Å². The lowest BCUT2D eigenvalue weighted by atomic mass is 10.0. The second kappa shape index (κ2) is 15.0. The van der Waals surface area contributed by atoms with E-state index in [1.807, 2.05) is 0 Å². The first-order valence-corrected chi connectivity index (χ1v) is 13.4. The average Bonchev–Trinajstić information content (AvgIpc) is 3.36. The van der Waals surface area contributed by atoms with Crippen molar-refractivity contribution in [2.75, 3.05) is 71.4 Å². The van der Waals surface area contributed by atoms with Crippen molar-refractivity contribution in [1.29, 1.82) is 0 Å². The number of carbonyl (C=O) groups is 2. The van der Waals surface area contributed by atoms with Crippen LogP contribution in [0, 0.1) is 0 Å². The minimum absolute atomic E-state index is 0.0143. The molecule has 1 N–H and O–H groups in total. The summed E-state index contributed by atoms with van der Waals surface area (Å²) >= 11 is 0. The molecule has 0 unspecified atom stereocenters. The first-order chi connectivity index (χ1) is 20.7. The van der Waals surface area contributed by atoms with E-state index >= 15 is 0 Å². The van der Waals surface area contributed by atoms with Crippen LogP contribution in [0.4, 0.5) is 23.7 Å². The molecule has 14 heteroatoms. The summed E-state index contributed by atoms with van der Waals surface area (Å²) in [5.41, 5.74) is -1.29. The molecule has 2 heterocycles. The van der Waals surface area contributed by atoms with E-state index in [1.54, 1.807) is 13.2 Å². The van der Waals surface area contributed by atoms with Crippen LogP contribution in [0.15, 0.2) is 53.3 Å². The number of hydrogen-bond donors (Lipinski definition) is 1. The highest BCUT2D eigenvalue weighted by atomic mass is 19.4. The first kappa shape index (κ1) is 31.9. The van der Waals surface area contributed by atoms with Crippen LogP contribution >= 0.6 is 0 Å². The lowest BCUT2D eigenvalue weighted by Gasteiger charge is -2.15. The molecule has 1 aliphatic rings. The number of pyridine rings is 1. The largest absolute Gasteiger partial charge is 0.460 e. The minimum Gasteiger partial charge on any atom is -0.460 e. The van der Waals surface area contributed by atoms with Gasteiger partial charge in [0.05, 0.1) is 51.7 Å². The van der Waals surface area contributed by atoms with Gasteiger partial charge >= 0.3 is 18.2 Å². The summed E-state index contributed by atoms with van der Waals surface area (Å²) in [6.45, 7) is 1.77. The number of nitrogens with one attached hydrogen (secondary N) is 1. The number of fused-ring (bicyclic) bond motifs is 1. The summed E-state index contributed by atoms with van der Waals surface area (Å²) < 4.78 is 71.6. The fourth-order valence-corrected chi connectivity index (χ4v) is 4.31. The number of amides is 1. The normalized spacial score (nSPS) is 15.2. The Hall–Kier alpha value is -3.98. The third-order valence-corrected chi connectivity index (χ3v) is 6.36. The molecule has 0 spiro atoms. The van der Waals surface area contributed by atoms with E-state index in [-0.39, 0.29) is 49.6 Å². The number of halogens is 3. The molecule has 1 atom stereocenters. The van der Waals surface area contributed by atoms with Crippen molar-refractivity contribution in [2.45, 2.75) is 12.3 Å². The molecule has 43 heavy (non-hydrogen) atoms. The van der Waals surface area contributed by atoms with Crippen LogP contribution in [0.1, 0.15) is 5.56 Å². The number of rotatable bonds is 15. The molecule has 3 aromatic rings. The van der Waals surface area contributed by atoms with Crippen molar-refractivity contribution >= 4 is 28.5 Å². The monoisotopic (exact) mass is 608 g/mol. The molecule has 1 saturated heterocycles. The number of anilines is 1. The molecule has 1 aromatic heterocycles. The number of aromatic amines is 1. The minimum atomic E-state index is -4.60. The predicted molar refractivity (Wildman–Crippen MR) is 148 cm³/mol. The van der Waals surface area contributed by atoms with Crippen LogP contribution in [-0.2, 0) is 39.4 Å². The van der Waals surface area contributed by atoms with Gasteiger partial charge in [0.2, 0.25) is 0 Å². The third-order valence-electron chi connectivity index (χ3n) is 6.36.